The number of likely N-dealkylation sites (tertiary alicyclic amines) is 1. The van der Waals surface area contributed by atoms with Crippen LogP contribution in [-0.4, -0.2) is 111 Å². The first-order valence-electron chi connectivity index (χ1n) is 21.7. The number of rotatable bonds is 11. The maximum atomic E-state index is 14.6. The van der Waals surface area contributed by atoms with Crippen LogP contribution < -0.4 is 4.74 Å². The van der Waals surface area contributed by atoms with Gasteiger partial charge in [0.2, 0.25) is 0 Å². The molecular formula is C48H62ClFN6O5. The van der Waals surface area contributed by atoms with E-state index >= 15 is 0 Å². The van der Waals surface area contributed by atoms with Crippen molar-refractivity contribution < 1.29 is 28.2 Å². The Morgan fingerprint density at radius 2 is 1.54 bits per heavy atom. The summed E-state index contributed by atoms with van der Waals surface area (Å²) in [5.41, 5.74) is 4.76. The lowest BCUT2D eigenvalue weighted by Crippen LogP contribution is -2.54. The summed E-state index contributed by atoms with van der Waals surface area (Å²) in [5, 5.41) is 7.93. The predicted octanol–water partition coefficient (Wildman–Crippen LogP) is 9.59. The minimum absolute atomic E-state index is 0.228. The standard InChI is InChI=1S/C48H62ClFN6O5/c1-31-41(32(2)52(9)51-31)42-39(49)18-17-38-37(13-11-29-59-40-14-10-12-33-30-34(50)15-16-36(33)40)44(45(57)60-47(3,4)5)56(43(38)42)28-25-53-23-26-54(27-24-53)35-19-21-55(22-20-35)46(58)61-48(6,7)8/h10,12,14-18,30,35H,11,13,19-29H2,1-9H3. The number of piperazine rings is 1. The van der Waals surface area contributed by atoms with Crippen LogP contribution in [0.15, 0.2) is 48.5 Å². The van der Waals surface area contributed by atoms with Crippen LogP contribution in [0.2, 0.25) is 5.02 Å². The summed E-state index contributed by atoms with van der Waals surface area (Å²) >= 11 is 7.20. The molecule has 7 rings (SSSR count). The Morgan fingerprint density at radius 1 is 0.852 bits per heavy atom. The van der Waals surface area contributed by atoms with Gasteiger partial charge in [-0.05, 0) is 122 Å². The number of fused-ring (bicyclic) bond motifs is 2. The van der Waals surface area contributed by atoms with Crippen molar-refractivity contribution in [2.45, 2.75) is 105 Å². The summed E-state index contributed by atoms with van der Waals surface area (Å²) < 4.78 is 36.2. The molecule has 61 heavy (non-hydrogen) atoms. The van der Waals surface area contributed by atoms with Crippen LogP contribution in [0.3, 0.4) is 0 Å². The number of amides is 1. The van der Waals surface area contributed by atoms with Crippen LogP contribution in [0.5, 0.6) is 5.75 Å². The predicted molar refractivity (Wildman–Crippen MR) is 240 cm³/mol. The second-order valence-corrected chi connectivity index (χ2v) is 19.0. The molecule has 4 heterocycles. The van der Waals surface area contributed by atoms with Crippen molar-refractivity contribution in [3.63, 3.8) is 0 Å². The summed E-state index contributed by atoms with van der Waals surface area (Å²) in [7, 11) is 1.94. The van der Waals surface area contributed by atoms with E-state index in [1.807, 2.05) is 102 Å². The highest BCUT2D eigenvalue weighted by Gasteiger charge is 2.33. The molecule has 0 aliphatic carbocycles. The Balaban J connectivity index is 1.16. The Kier molecular flexibility index (Phi) is 13.1. The van der Waals surface area contributed by atoms with E-state index in [0.717, 1.165) is 95.3 Å². The van der Waals surface area contributed by atoms with Gasteiger partial charge < -0.3 is 23.7 Å². The second-order valence-electron chi connectivity index (χ2n) is 18.6. The zero-order chi connectivity index (χ0) is 43.8. The molecule has 0 N–H and O–H groups in total. The van der Waals surface area contributed by atoms with Crippen molar-refractivity contribution in [2.24, 2.45) is 7.05 Å². The van der Waals surface area contributed by atoms with E-state index in [0.29, 0.717) is 61.6 Å². The number of hydrogen-bond acceptors (Lipinski definition) is 8. The highest BCUT2D eigenvalue weighted by Crippen LogP contribution is 2.42. The Hall–Kier alpha value is -4.65. The number of benzene rings is 3. The fourth-order valence-electron chi connectivity index (χ4n) is 9.02. The molecular weight excluding hydrogens is 795 g/mol. The molecule has 2 aliphatic heterocycles. The van der Waals surface area contributed by atoms with Gasteiger partial charge in [0.1, 0.15) is 28.5 Å². The molecule has 0 radical (unpaired) electrons. The Morgan fingerprint density at radius 3 is 2.20 bits per heavy atom. The van der Waals surface area contributed by atoms with Crippen molar-refractivity contribution in [1.82, 2.24) is 29.0 Å². The van der Waals surface area contributed by atoms with Gasteiger partial charge in [0.05, 0.1) is 22.8 Å². The SMILES string of the molecule is Cc1nn(C)c(C)c1-c1c(Cl)ccc2c(CCCOc3cccc4cc(F)ccc34)c(C(=O)OC(C)(C)C)n(CCN3CCN(C4CCN(C(=O)OC(C)(C)C)CC4)CC3)c12. The van der Waals surface area contributed by atoms with Crippen molar-refractivity contribution in [1.29, 1.82) is 0 Å². The van der Waals surface area contributed by atoms with Crippen LogP contribution in [0.25, 0.3) is 32.8 Å². The first-order valence-corrected chi connectivity index (χ1v) is 22.1. The van der Waals surface area contributed by atoms with Crippen LogP contribution in [0.1, 0.15) is 88.2 Å². The summed E-state index contributed by atoms with van der Waals surface area (Å²) in [6, 6.07) is 14.8. The van der Waals surface area contributed by atoms with Gasteiger partial charge in [-0.2, -0.15) is 5.10 Å². The molecule has 2 fully saturated rings. The maximum Gasteiger partial charge on any atom is 0.410 e. The maximum absolute atomic E-state index is 14.6. The van der Waals surface area contributed by atoms with Crippen LogP contribution >= 0.6 is 11.6 Å². The number of hydrogen-bond donors (Lipinski definition) is 0. The summed E-state index contributed by atoms with van der Waals surface area (Å²) in [6.45, 7) is 22.2. The Bertz CT molecular complexity index is 2400. The molecule has 1 amide bonds. The van der Waals surface area contributed by atoms with Gasteiger partial charge in [-0.15, -0.1) is 0 Å². The molecule has 3 aromatic carbocycles. The highest BCUT2D eigenvalue weighted by molar-refractivity contribution is 6.35. The van der Waals surface area contributed by atoms with Gasteiger partial charge in [-0.25, -0.2) is 14.0 Å². The smallest absolute Gasteiger partial charge is 0.410 e. The number of nitrogens with zero attached hydrogens (tertiary/aromatic N) is 6. The van der Waals surface area contributed by atoms with E-state index in [1.54, 1.807) is 6.07 Å². The lowest BCUT2D eigenvalue weighted by Gasteiger charge is -2.43. The molecule has 2 aliphatic rings. The zero-order valence-electron chi connectivity index (χ0n) is 37.4. The molecule has 0 atom stereocenters. The molecule has 0 spiro atoms. The van der Waals surface area contributed by atoms with Gasteiger partial charge in [-0.3, -0.25) is 14.5 Å². The number of carbonyl (C=O) groups is 2. The number of esters is 1. The molecule has 2 saturated heterocycles. The monoisotopic (exact) mass is 856 g/mol. The van der Waals surface area contributed by atoms with E-state index in [-0.39, 0.29) is 17.9 Å². The van der Waals surface area contributed by atoms with Crippen molar-refractivity contribution in [3.05, 3.63) is 82.0 Å². The first-order chi connectivity index (χ1) is 28.9. The summed E-state index contributed by atoms with van der Waals surface area (Å²) in [4.78, 5) is 34.1. The fraction of sp³-hybridized carbons (Fsp3) is 0.521. The lowest BCUT2D eigenvalue weighted by molar-refractivity contribution is 0.00489. The topological polar surface area (TPSA) is 94.3 Å². The van der Waals surface area contributed by atoms with Crippen molar-refractivity contribution in [3.8, 4) is 16.9 Å². The van der Waals surface area contributed by atoms with Crippen LogP contribution in [0, 0.1) is 19.7 Å². The normalized spacial score (nSPS) is 16.1. The van der Waals surface area contributed by atoms with Crippen molar-refractivity contribution >= 4 is 45.3 Å². The molecule has 13 heteroatoms. The Labute approximate surface area is 364 Å². The van der Waals surface area contributed by atoms with Gasteiger partial charge >= 0.3 is 12.1 Å². The quantitative estimate of drug-likeness (QED) is 0.0959. The van der Waals surface area contributed by atoms with E-state index in [2.05, 4.69) is 14.4 Å². The molecule has 0 bridgehead atoms. The van der Waals surface area contributed by atoms with Crippen LogP contribution in [-0.2, 0) is 29.5 Å². The van der Waals surface area contributed by atoms with Crippen molar-refractivity contribution in [2.75, 3.05) is 52.4 Å². The summed E-state index contributed by atoms with van der Waals surface area (Å²) in [6.07, 6.45) is 2.80. The van der Waals surface area contributed by atoms with E-state index in [4.69, 9.17) is 30.9 Å². The highest BCUT2D eigenvalue weighted by atomic mass is 35.5. The number of ether oxygens (including phenoxy) is 3. The minimum Gasteiger partial charge on any atom is -0.493 e. The molecule has 2 aromatic heterocycles. The largest absolute Gasteiger partial charge is 0.493 e. The van der Waals surface area contributed by atoms with E-state index in [9.17, 15) is 14.0 Å². The van der Waals surface area contributed by atoms with Gasteiger partial charge in [0.25, 0.3) is 0 Å². The lowest BCUT2D eigenvalue weighted by atomic mass is 9.98. The number of piperidine rings is 1. The number of halogens is 2. The molecule has 328 valence electrons. The first kappa shape index (κ1) is 44.4. The number of aromatic nitrogens is 3. The van der Waals surface area contributed by atoms with Gasteiger partial charge in [0.15, 0.2) is 0 Å². The summed E-state index contributed by atoms with van der Waals surface area (Å²) in [5.74, 6) is 0.0262. The van der Waals surface area contributed by atoms with Gasteiger partial charge in [-0.1, -0.05) is 29.8 Å². The number of carbonyl (C=O) groups excluding carboxylic acids is 2. The van der Waals surface area contributed by atoms with Gasteiger partial charge in [0, 0.05) is 93.0 Å². The minimum atomic E-state index is -0.719. The number of aryl methyl sites for hydroxylation is 3. The second kappa shape index (κ2) is 18.0. The van der Waals surface area contributed by atoms with Crippen LogP contribution in [0.4, 0.5) is 9.18 Å². The third-order valence-electron chi connectivity index (χ3n) is 11.9. The van der Waals surface area contributed by atoms with E-state index in [1.165, 1.54) is 12.1 Å². The average molecular weight is 858 g/mol. The molecule has 5 aromatic rings. The zero-order valence-corrected chi connectivity index (χ0v) is 38.1. The average Bonchev–Trinajstić information content (AvgIpc) is 3.64. The van der Waals surface area contributed by atoms with E-state index < -0.39 is 11.2 Å². The molecule has 0 saturated carbocycles. The fourth-order valence-corrected chi connectivity index (χ4v) is 9.26. The molecule has 0 unspecified atom stereocenters. The third-order valence-corrected chi connectivity index (χ3v) is 12.3. The molecule has 11 nitrogen and oxygen atoms in total. The third kappa shape index (κ3) is 10.0.